The van der Waals surface area contributed by atoms with Crippen LogP contribution in [-0.2, 0) is 0 Å². The summed E-state index contributed by atoms with van der Waals surface area (Å²) < 4.78 is 6.44. The number of benzene rings is 2. The normalized spacial score (nSPS) is 15.5. The largest absolute Gasteiger partial charge is 0.508 e. The zero-order valence-electron chi connectivity index (χ0n) is 10.9. The Morgan fingerprint density at radius 1 is 1.14 bits per heavy atom. The number of hydrogen-bond donors (Lipinski definition) is 1. The molecule has 0 radical (unpaired) electrons. The number of rotatable bonds is 2. The standard InChI is InChI=1S/C17H11BrO3/c18-14-6-2-1-4-11(14)5-3-7-15-17(20)13-9-8-12(19)10-16(13)21-15/h1-10,19H/b5-3+,15-7-. The van der Waals surface area contributed by atoms with Crippen molar-refractivity contribution in [1.29, 1.82) is 0 Å². The number of carbonyl (C=O) groups is 1. The molecule has 2 aromatic carbocycles. The molecule has 1 aliphatic rings. The van der Waals surface area contributed by atoms with Gasteiger partial charge in [-0.3, -0.25) is 4.79 Å². The summed E-state index contributed by atoms with van der Waals surface area (Å²) in [5, 5.41) is 9.39. The van der Waals surface area contributed by atoms with Gasteiger partial charge in [0.25, 0.3) is 0 Å². The third kappa shape index (κ3) is 2.76. The van der Waals surface area contributed by atoms with Gasteiger partial charge in [0.2, 0.25) is 5.78 Å². The molecule has 3 rings (SSSR count). The summed E-state index contributed by atoms with van der Waals surface area (Å²) >= 11 is 3.46. The van der Waals surface area contributed by atoms with E-state index in [1.165, 1.54) is 12.1 Å². The maximum absolute atomic E-state index is 12.1. The second kappa shape index (κ2) is 5.58. The number of hydrogen-bond acceptors (Lipinski definition) is 3. The number of carbonyl (C=O) groups excluding carboxylic acids is 1. The Balaban J connectivity index is 1.83. The maximum atomic E-state index is 12.1. The van der Waals surface area contributed by atoms with Crippen LogP contribution in [-0.4, -0.2) is 10.9 Å². The summed E-state index contributed by atoms with van der Waals surface area (Å²) in [6.45, 7) is 0. The molecule has 21 heavy (non-hydrogen) atoms. The molecule has 3 nitrogen and oxygen atoms in total. The summed E-state index contributed by atoms with van der Waals surface area (Å²) in [7, 11) is 0. The quantitative estimate of drug-likeness (QED) is 0.826. The molecule has 4 heteroatoms. The maximum Gasteiger partial charge on any atom is 0.231 e. The van der Waals surface area contributed by atoms with Crippen molar-refractivity contribution in [2.24, 2.45) is 0 Å². The van der Waals surface area contributed by atoms with Crippen LogP contribution < -0.4 is 4.74 Å². The van der Waals surface area contributed by atoms with Gasteiger partial charge in [-0.25, -0.2) is 0 Å². The summed E-state index contributed by atoms with van der Waals surface area (Å²) in [6, 6.07) is 12.3. The molecule has 0 spiro atoms. The zero-order chi connectivity index (χ0) is 14.8. The molecule has 0 atom stereocenters. The molecule has 0 amide bonds. The molecule has 0 bridgehead atoms. The lowest BCUT2D eigenvalue weighted by atomic mass is 10.1. The van der Waals surface area contributed by atoms with Crippen molar-refractivity contribution < 1.29 is 14.6 Å². The van der Waals surface area contributed by atoms with E-state index in [1.807, 2.05) is 30.3 Å². The minimum Gasteiger partial charge on any atom is -0.508 e. The first-order chi connectivity index (χ1) is 10.1. The highest BCUT2D eigenvalue weighted by Gasteiger charge is 2.26. The lowest BCUT2D eigenvalue weighted by Crippen LogP contribution is -1.97. The molecule has 1 heterocycles. The van der Waals surface area contributed by atoms with Gasteiger partial charge in [0.15, 0.2) is 5.76 Å². The van der Waals surface area contributed by atoms with Gasteiger partial charge in [0, 0.05) is 10.5 Å². The van der Waals surface area contributed by atoms with Crippen LogP contribution in [0.3, 0.4) is 0 Å². The predicted molar refractivity (Wildman–Crippen MR) is 84.3 cm³/mol. The zero-order valence-corrected chi connectivity index (χ0v) is 12.5. The second-order valence-electron chi connectivity index (χ2n) is 4.52. The topological polar surface area (TPSA) is 46.5 Å². The molecular weight excluding hydrogens is 332 g/mol. The molecule has 0 saturated carbocycles. The van der Waals surface area contributed by atoms with E-state index in [1.54, 1.807) is 18.2 Å². The Morgan fingerprint density at radius 2 is 1.95 bits per heavy atom. The minimum atomic E-state index is -0.179. The Labute approximate surface area is 130 Å². The van der Waals surface area contributed by atoms with Crippen LogP contribution in [0.1, 0.15) is 15.9 Å². The summed E-state index contributed by atoms with van der Waals surface area (Å²) in [5.74, 6) is 0.535. The van der Waals surface area contributed by atoms with E-state index < -0.39 is 0 Å². The van der Waals surface area contributed by atoms with Crippen LogP contribution in [0.25, 0.3) is 6.08 Å². The van der Waals surface area contributed by atoms with Crippen molar-refractivity contribution in [2.75, 3.05) is 0 Å². The van der Waals surface area contributed by atoms with Crippen LogP contribution in [0.4, 0.5) is 0 Å². The van der Waals surface area contributed by atoms with Crippen molar-refractivity contribution in [1.82, 2.24) is 0 Å². The lowest BCUT2D eigenvalue weighted by molar-refractivity contribution is 0.101. The SMILES string of the molecule is O=C1/C(=C/C=C/c2ccccc2Br)Oc2cc(O)ccc21. The first kappa shape index (κ1) is 13.6. The molecule has 1 aliphatic heterocycles. The summed E-state index contributed by atoms with van der Waals surface area (Å²) in [6.07, 6.45) is 5.27. The van der Waals surface area contributed by atoms with Crippen molar-refractivity contribution in [3.8, 4) is 11.5 Å². The number of Topliss-reactive ketones (excluding diaryl/α,β-unsaturated/α-hetero) is 1. The van der Waals surface area contributed by atoms with E-state index in [2.05, 4.69) is 15.9 Å². The van der Waals surface area contributed by atoms with E-state index in [-0.39, 0.29) is 17.3 Å². The first-order valence-electron chi connectivity index (χ1n) is 6.33. The predicted octanol–water partition coefficient (Wildman–Crippen LogP) is 4.33. The average molecular weight is 343 g/mol. The van der Waals surface area contributed by atoms with Crippen LogP contribution in [0.5, 0.6) is 11.5 Å². The van der Waals surface area contributed by atoms with Crippen molar-refractivity contribution in [3.05, 3.63) is 76.0 Å². The molecule has 1 N–H and O–H groups in total. The van der Waals surface area contributed by atoms with Gasteiger partial charge in [-0.15, -0.1) is 0 Å². The fraction of sp³-hybridized carbons (Fsp3) is 0. The summed E-state index contributed by atoms with van der Waals surface area (Å²) in [5.41, 5.74) is 1.48. The number of ether oxygens (including phenoxy) is 1. The second-order valence-corrected chi connectivity index (χ2v) is 5.38. The number of aromatic hydroxyl groups is 1. The van der Waals surface area contributed by atoms with Crippen molar-refractivity contribution in [3.63, 3.8) is 0 Å². The first-order valence-corrected chi connectivity index (χ1v) is 7.13. The lowest BCUT2D eigenvalue weighted by Gasteiger charge is -1.97. The van der Waals surface area contributed by atoms with E-state index in [9.17, 15) is 9.90 Å². The third-order valence-corrected chi connectivity index (χ3v) is 3.80. The van der Waals surface area contributed by atoms with Gasteiger partial charge in [-0.05, 0) is 29.8 Å². The summed E-state index contributed by atoms with van der Waals surface area (Å²) in [4.78, 5) is 12.1. The molecule has 0 aromatic heterocycles. The molecular formula is C17H11BrO3. The Bertz CT molecular complexity index is 775. The fourth-order valence-corrected chi connectivity index (χ4v) is 2.46. The van der Waals surface area contributed by atoms with Crippen LogP contribution in [0.2, 0.25) is 0 Å². The van der Waals surface area contributed by atoms with Gasteiger partial charge >= 0.3 is 0 Å². The van der Waals surface area contributed by atoms with E-state index in [0.717, 1.165) is 10.0 Å². The highest BCUT2D eigenvalue weighted by molar-refractivity contribution is 9.10. The van der Waals surface area contributed by atoms with Crippen LogP contribution in [0, 0.1) is 0 Å². The number of phenolic OH excluding ortho intramolecular Hbond substituents is 1. The number of allylic oxidation sites excluding steroid dienone is 3. The van der Waals surface area contributed by atoms with Crippen LogP contribution >= 0.6 is 15.9 Å². The van der Waals surface area contributed by atoms with Gasteiger partial charge in [-0.1, -0.05) is 46.3 Å². The Hall–Kier alpha value is -2.33. The van der Waals surface area contributed by atoms with Gasteiger partial charge < -0.3 is 9.84 Å². The number of phenols is 1. The van der Waals surface area contributed by atoms with Crippen molar-refractivity contribution >= 4 is 27.8 Å². The van der Waals surface area contributed by atoms with Crippen molar-refractivity contribution in [2.45, 2.75) is 0 Å². The highest BCUT2D eigenvalue weighted by Crippen LogP contribution is 2.33. The highest BCUT2D eigenvalue weighted by atomic mass is 79.9. The fourth-order valence-electron chi connectivity index (χ4n) is 2.04. The minimum absolute atomic E-state index is 0.0755. The molecule has 0 aliphatic carbocycles. The van der Waals surface area contributed by atoms with Gasteiger partial charge in [0.1, 0.15) is 11.5 Å². The molecule has 2 aromatic rings. The van der Waals surface area contributed by atoms with E-state index in [0.29, 0.717) is 11.3 Å². The molecule has 0 saturated heterocycles. The number of ketones is 1. The Kier molecular flexibility index (Phi) is 3.62. The van der Waals surface area contributed by atoms with Gasteiger partial charge in [0.05, 0.1) is 5.56 Å². The van der Waals surface area contributed by atoms with E-state index >= 15 is 0 Å². The molecule has 0 fully saturated rings. The number of fused-ring (bicyclic) bond motifs is 1. The molecule has 0 unspecified atom stereocenters. The smallest absolute Gasteiger partial charge is 0.231 e. The van der Waals surface area contributed by atoms with E-state index in [4.69, 9.17) is 4.74 Å². The number of halogens is 1. The Morgan fingerprint density at radius 3 is 2.76 bits per heavy atom. The van der Waals surface area contributed by atoms with Crippen LogP contribution in [0.15, 0.2) is 64.8 Å². The van der Waals surface area contributed by atoms with Gasteiger partial charge in [-0.2, -0.15) is 0 Å². The third-order valence-electron chi connectivity index (χ3n) is 3.08. The molecule has 104 valence electrons. The monoisotopic (exact) mass is 342 g/mol. The average Bonchev–Trinajstić information content (AvgIpc) is 2.77.